The van der Waals surface area contributed by atoms with Crippen LogP contribution in [0.3, 0.4) is 0 Å². The predicted octanol–water partition coefficient (Wildman–Crippen LogP) is 5.65. The molecule has 1 N–H and O–H groups in total. The van der Waals surface area contributed by atoms with E-state index in [1.807, 2.05) is 0 Å². The largest absolute Gasteiger partial charge is 0.316 e. The maximum atomic E-state index is 4.28. The van der Waals surface area contributed by atoms with Gasteiger partial charge < -0.3 is 5.32 Å². The van der Waals surface area contributed by atoms with Crippen molar-refractivity contribution in [1.82, 2.24) is 5.32 Å². The lowest BCUT2D eigenvalue weighted by atomic mass is 9.71. The summed E-state index contributed by atoms with van der Waals surface area (Å²) in [5.41, 5.74) is 4.74. The van der Waals surface area contributed by atoms with Gasteiger partial charge in [-0.1, -0.05) is 51.5 Å². The molecule has 1 heteroatoms. The molecule has 0 bridgehead atoms. The van der Waals surface area contributed by atoms with Crippen LogP contribution in [0.25, 0.3) is 0 Å². The highest BCUT2D eigenvalue weighted by molar-refractivity contribution is 5.41. The van der Waals surface area contributed by atoms with Crippen molar-refractivity contribution < 1.29 is 0 Å². The molecule has 0 aromatic heterocycles. The average Bonchev–Trinajstić information content (AvgIpc) is 2.47. The molecule has 1 fully saturated rings. The fraction of sp³-hybridized carbons (Fsp3) is 0.714. The molecule has 2 atom stereocenters. The Morgan fingerprint density at radius 2 is 2.14 bits per heavy atom. The van der Waals surface area contributed by atoms with Crippen molar-refractivity contribution in [2.75, 3.05) is 13.1 Å². The van der Waals surface area contributed by atoms with Gasteiger partial charge in [0.2, 0.25) is 0 Å². The molecule has 1 heterocycles. The molecule has 0 aromatic carbocycles. The summed E-state index contributed by atoms with van der Waals surface area (Å²) in [7, 11) is 0. The standard InChI is InChI=1S/C21H35N/c1-16-10-11-20(18(3)14-16)17(2)8-6-12-21(4,5)19-9-7-13-22-15-19/h10-11,17,19,22H,3,6-9,12-15H2,1-2,4-5H3. The second kappa shape index (κ2) is 7.64. The Kier molecular flexibility index (Phi) is 6.09. The van der Waals surface area contributed by atoms with Gasteiger partial charge in [0.15, 0.2) is 0 Å². The van der Waals surface area contributed by atoms with Crippen molar-refractivity contribution in [2.24, 2.45) is 17.3 Å². The Balaban J connectivity index is 1.81. The van der Waals surface area contributed by atoms with Gasteiger partial charge in [0.25, 0.3) is 0 Å². The van der Waals surface area contributed by atoms with Crippen LogP contribution in [0.1, 0.15) is 66.2 Å². The van der Waals surface area contributed by atoms with Gasteiger partial charge >= 0.3 is 0 Å². The Morgan fingerprint density at radius 1 is 1.36 bits per heavy atom. The van der Waals surface area contributed by atoms with Gasteiger partial charge in [0, 0.05) is 0 Å². The highest BCUT2D eigenvalue weighted by Crippen LogP contribution is 2.38. The number of allylic oxidation sites excluding steroid dienone is 5. The van der Waals surface area contributed by atoms with E-state index >= 15 is 0 Å². The summed E-state index contributed by atoms with van der Waals surface area (Å²) in [6, 6.07) is 0. The first-order valence-electron chi connectivity index (χ1n) is 9.16. The molecule has 0 amide bonds. The van der Waals surface area contributed by atoms with Gasteiger partial charge in [-0.2, -0.15) is 0 Å². The van der Waals surface area contributed by atoms with Crippen molar-refractivity contribution in [3.05, 3.63) is 35.5 Å². The van der Waals surface area contributed by atoms with Gasteiger partial charge in [0.1, 0.15) is 0 Å². The molecule has 0 saturated carbocycles. The smallest absolute Gasteiger partial charge is 0.00154 e. The Bertz CT molecular complexity index is 447. The van der Waals surface area contributed by atoms with E-state index in [0.29, 0.717) is 11.3 Å². The lowest BCUT2D eigenvalue weighted by Crippen LogP contribution is -2.38. The Morgan fingerprint density at radius 3 is 2.77 bits per heavy atom. The van der Waals surface area contributed by atoms with Crippen LogP contribution in [0.5, 0.6) is 0 Å². The van der Waals surface area contributed by atoms with E-state index in [-0.39, 0.29) is 0 Å². The molecule has 124 valence electrons. The highest BCUT2D eigenvalue weighted by Gasteiger charge is 2.30. The fourth-order valence-corrected chi connectivity index (χ4v) is 4.10. The third-order valence-electron chi connectivity index (χ3n) is 5.84. The minimum atomic E-state index is 0.474. The van der Waals surface area contributed by atoms with Crippen LogP contribution in [-0.4, -0.2) is 13.1 Å². The minimum absolute atomic E-state index is 0.474. The maximum Gasteiger partial charge on any atom is -0.00154 e. The van der Waals surface area contributed by atoms with Crippen molar-refractivity contribution in [3.63, 3.8) is 0 Å². The zero-order valence-electron chi connectivity index (χ0n) is 15.2. The predicted molar refractivity (Wildman–Crippen MR) is 98.0 cm³/mol. The lowest BCUT2D eigenvalue weighted by molar-refractivity contribution is 0.152. The molecule has 1 nitrogen and oxygen atoms in total. The quantitative estimate of drug-likeness (QED) is 0.668. The fourth-order valence-electron chi connectivity index (χ4n) is 4.10. The van der Waals surface area contributed by atoms with Gasteiger partial charge in [-0.25, -0.2) is 0 Å². The van der Waals surface area contributed by atoms with E-state index < -0.39 is 0 Å². The normalized spacial score (nSPS) is 24.7. The van der Waals surface area contributed by atoms with Crippen LogP contribution in [0.2, 0.25) is 0 Å². The van der Waals surface area contributed by atoms with Crippen LogP contribution in [-0.2, 0) is 0 Å². The second-order valence-electron chi connectivity index (χ2n) is 8.24. The molecule has 1 aliphatic carbocycles. The van der Waals surface area contributed by atoms with E-state index in [1.165, 1.54) is 61.9 Å². The van der Waals surface area contributed by atoms with Gasteiger partial charge in [-0.15, -0.1) is 0 Å². The summed E-state index contributed by atoms with van der Waals surface area (Å²) < 4.78 is 0. The molecule has 2 rings (SSSR count). The first-order chi connectivity index (χ1) is 10.4. The SMILES string of the molecule is C=C1CC(C)=CC=C1C(C)CCCC(C)(C)C1CCCNC1. The molecule has 22 heavy (non-hydrogen) atoms. The molecule has 2 aliphatic rings. The first kappa shape index (κ1) is 17.5. The summed E-state index contributed by atoms with van der Waals surface area (Å²) in [6.45, 7) is 16.2. The molecule has 0 aromatic rings. The van der Waals surface area contributed by atoms with Gasteiger partial charge in [-0.3, -0.25) is 0 Å². The van der Waals surface area contributed by atoms with E-state index in [2.05, 4.69) is 51.7 Å². The number of nitrogens with one attached hydrogen (secondary N) is 1. The lowest BCUT2D eigenvalue weighted by Gasteiger charge is -2.37. The third kappa shape index (κ3) is 4.59. The van der Waals surface area contributed by atoms with Crippen LogP contribution in [0, 0.1) is 17.3 Å². The molecule has 1 saturated heterocycles. The Hall–Kier alpha value is -0.820. The summed E-state index contributed by atoms with van der Waals surface area (Å²) in [5, 5.41) is 3.57. The summed E-state index contributed by atoms with van der Waals surface area (Å²) >= 11 is 0. The van der Waals surface area contributed by atoms with Crippen LogP contribution < -0.4 is 5.32 Å². The maximum absolute atomic E-state index is 4.28. The average molecular weight is 302 g/mol. The molecule has 0 radical (unpaired) electrons. The highest BCUT2D eigenvalue weighted by atomic mass is 14.9. The van der Waals surface area contributed by atoms with Crippen molar-refractivity contribution in [1.29, 1.82) is 0 Å². The zero-order chi connectivity index (χ0) is 16.2. The van der Waals surface area contributed by atoms with Gasteiger partial charge in [-0.05, 0) is 80.5 Å². The number of hydrogen-bond acceptors (Lipinski definition) is 1. The van der Waals surface area contributed by atoms with Gasteiger partial charge in [0.05, 0.1) is 0 Å². The monoisotopic (exact) mass is 301 g/mol. The molecule has 0 spiro atoms. The van der Waals surface area contributed by atoms with Crippen LogP contribution in [0.4, 0.5) is 0 Å². The van der Waals surface area contributed by atoms with Crippen LogP contribution in [0.15, 0.2) is 35.5 Å². The summed E-state index contributed by atoms with van der Waals surface area (Å²) in [4.78, 5) is 0. The van der Waals surface area contributed by atoms with Crippen molar-refractivity contribution in [3.8, 4) is 0 Å². The van der Waals surface area contributed by atoms with Crippen LogP contribution >= 0.6 is 0 Å². The second-order valence-corrected chi connectivity index (χ2v) is 8.24. The first-order valence-corrected chi connectivity index (χ1v) is 9.16. The minimum Gasteiger partial charge on any atom is -0.316 e. The summed E-state index contributed by atoms with van der Waals surface area (Å²) in [6.07, 6.45) is 12.4. The van der Waals surface area contributed by atoms with Crippen molar-refractivity contribution in [2.45, 2.75) is 66.2 Å². The zero-order valence-corrected chi connectivity index (χ0v) is 15.2. The third-order valence-corrected chi connectivity index (χ3v) is 5.84. The van der Waals surface area contributed by atoms with E-state index in [1.54, 1.807) is 0 Å². The van der Waals surface area contributed by atoms with E-state index in [4.69, 9.17) is 0 Å². The summed E-state index contributed by atoms with van der Waals surface area (Å²) in [5.74, 6) is 1.50. The molecule has 2 unspecified atom stereocenters. The number of hydrogen-bond donors (Lipinski definition) is 1. The molecular formula is C21H35N. The number of piperidine rings is 1. The molecule has 1 aliphatic heterocycles. The number of rotatable bonds is 6. The Labute approximate surface area is 138 Å². The molecular weight excluding hydrogens is 266 g/mol. The topological polar surface area (TPSA) is 12.0 Å². The van der Waals surface area contributed by atoms with Crippen molar-refractivity contribution >= 4 is 0 Å². The van der Waals surface area contributed by atoms with E-state index in [9.17, 15) is 0 Å². The van der Waals surface area contributed by atoms with E-state index in [0.717, 1.165) is 12.3 Å².